The lowest BCUT2D eigenvalue weighted by Gasteiger charge is -2.53. The highest BCUT2D eigenvalue weighted by Crippen LogP contribution is 2.39. The zero-order valence-corrected chi connectivity index (χ0v) is 20.5. The highest BCUT2D eigenvalue weighted by atomic mass is 32.2. The summed E-state index contributed by atoms with van der Waals surface area (Å²) in [6, 6.07) is 8.99. The minimum absolute atomic E-state index is 0.116. The Morgan fingerprint density at radius 3 is 2.64 bits per heavy atom. The third-order valence-electron chi connectivity index (χ3n) is 6.28. The minimum atomic E-state index is -3.92. The Morgan fingerprint density at radius 2 is 1.97 bits per heavy atom. The molecule has 2 saturated heterocycles. The van der Waals surface area contributed by atoms with Gasteiger partial charge in [0.1, 0.15) is 11.5 Å². The first-order chi connectivity index (χ1) is 17.1. The van der Waals surface area contributed by atoms with Crippen molar-refractivity contribution in [2.45, 2.75) is 13.1 Å². The molecule has 0 aliphatic carbocycles. The van der Waals surface area contributed by atoms with Gasteiger partial charge in [-0.15, -0.1) is 0 Å². The SMILES string of the molecule is CN(C)C(=O)Oc1ccc2c(c1)OC(=O)N(Cc1cccc(NS(=O)(=O)N3CC4(COC4)C3)c1F)C2. The van der Waals surface area contributed by atoms with Gasteiger partial charge >= 0.3 is 22.4 Å². The molecule has 3 aliphatic heterocycles. The van der Waals surface area contributed by atoms with Crippen LogP contribution in [0.25, 0.3) is 0 Å². The number of amides is 2. The molecule has 5 rings (SSSR count). The molecule has 2 amide bonds. The zero-order valence-electron chi connectivity index (χ0n) is 19.7. The van der Waals surface area contributed by atoms with E-state index >= 15 is 4.39 Å². The number of hydrogen-bond acceptors (Lipinski definition) is 7. The number of anilines is 1. The molecule has 3 heterocycles. The van der Waals surface area contributed by atoms with Gasteiger partial charge in [0.05, 0.1) is 32.0 Å². The molecule has 0 unspecified atom stereocenters. The summed E-state index contributed by atoms with van der Waals surface area (Å²) in [5.41, 5.74) is 0.453. The summed E-state index contributed by atoms with van der Waals surface area (Å²) in [6.45, 7) is 1.71. The topological polar surface area (TPSA) is 118 Å². The summed E-state index contributed by atoms with van der Waals surface area (Å²) >= 11 is 0. The standard InChI is InChI=1S/C23H25FN4O7S/c1-26(2)21(29)34-17-7-6-15-9-27(22(30)35-19(15)8-17)10-16-4-3-5-18(20(16)24)25-36(31,32)28-11-23(12-28)13-33-14-23/h3-8,25H,9-14H2,1-2H3. The highest BCUT2D eigenvalue weighted by molar-refractivity contribution is 7.90. The van der Waals surface area contributed by atoms with Crippen molar-refractivity contribution in [2.24, 2.45) is 5.41 Å². The van der Waals surface area contributed by atoms with Crippen LogP contribution in [0, 0.1) is 11.2 Å². The van der Waals surface area contributed by atoms with E-state index in [9.17, 15) is 18.0 Å². The monoisotopic (exact) mass is 520 g/mol. The largest absolute Gasteiger partial charge is 0.415 e. The van der Waals surface area contributed by atoms with E-state index in [1.165, 1.54) is 38.4 Å². The summed E-state index contributed by atoms with van der Waals surface area (Å²) in [4.78, 5) is 26.9. The van der Waals surface area contributed by atoms with Crippen LogP contribution in [0.4, 0.5) is 19.7 Å². The first kappa shape index (κ1) is 24.3. The Morgan fingerprint density at radius 1 is 1.22 bits per heavy atom. The van der Waals surface area contributed by atoms with Crippen LogP contribution in [0.15, 0.2) is 36.4 Å². The third-order valence-corrected chi connectivity index (χ3v) is 7.70. The van der Waals surface area contributed by atoms with E-state index in [1.807, 2.05) is 0 Å². The van der Waals surface area contributed by atoms with Gasteiger partial charge in [-0.1, -0.05) is 12.1 Å². The highest BCUT2D eigenvalue weighted by Gasteiger charge is 2.53. The minimum Gasteiger partial charge on any atom is -0.410 e. The number of carbonyl (C=O) groups is 2. The average molecular weight is 521 g/mol. The van der Waals surface area contributed by atoms with Crippen LogP contribution < -0.4 is 14.2 Å². The molecule has 36 heavy (non-hydrogen) atoms. The maximum Gasteiger partial charge on any atom is 0.415 e. The fourth-order valence-electron chi connectivity index (χ4n) is 4.20. The fourth-order valence-corrected chi connectivity index (χ4v) is 5.65. The first-order valence-corrected chi connectivity index (χ1v) is 12.6. The fraction of sp³-hybridized carbons (Fsp3) is 0.391. The summed E-state index contributed by atoms with van der Waals surface area (Å²) < 4.78 is 59.9. The number of ether oxygens (including phenoxy) is 3. The molecule has 0 atom stereocenters. The number of fused-ring (bicyclic) bond motifs is 1. The second kappa shape index (κ2) is 8.91. The van der Waals surface area contributed by atoms with E-state index in [0.717, 1.165) is 0 Å². The van der Waals surface area contributed by atoms with Gasteiger partial charge in [0.25, 0.3) is 0 Å². The Balaban J connectivity index is 1.26. The van der Waals surface area contributed by atoms with Gasteiger partial charge in [-0.05, 0) is 18.2 Å². The third kappa shape index (κ3) is 4.56. The van der Waals surface area contributed by atoms with Crippen molar-refractivity contribution in [3.63, 3.8) is 0 Å². The van der Waals surface area contributed by atoms with E-state index in [-0.39, 0.29) is 41.3 Å². The van der Waals surface area contributed by atoms with Crippen LogP contribution in [-0.4, -0.2) is 75.1 Å². The molecule has 3 aliphatic rings. The van der Waals surface area contributed by atoms with Gasteiger partial charge < -0.3 is 19.1 Å². The van der Waals surface area contributed by atoms with Gasteiger partial charge in [-0.3, -0.25) is 9.62 Å². The van der Waals surface area contributed by atoms with Gasteiger partial charge in [0.2, 0.25) is 0 Å². The van der Waals surface area contributed by atoms with E-state index in [0.29, 0.717) is 31.9 Å². The molecule has 2 fully saturated rings. The van der Waals surface area contributed by atoms with E-state index < -0.39 is 28.2 Å². The quantitative estimate of drug-likeness (QED) is 0.622. The van der Waals surface area contributed by atoms with Crippen LogP contribution >= 0.6 is 0 Å². The van der Waals surface area contributed by atoms with Gasteiger partial charge in [-0.25, -0.2) is 14.0 Å². The lowest BCUT2D eigenvalue weighted by molar-refractivity contribution is -0.166. The molecule has 2 aromatic carbocycles. The number of rotatable bonds is 6. The first-order valence-electron chi connectivity index (χ1n) is 11.2. The van der Waals surface area contributed by atoms with Crippen molar-refractivity contribution < 1.29 is 36.6 Å². The summed E-state index contributed by atoms with van der Waals surface area (Å²) in [6.07, 6.45) is -1.28. The number of halogens is 1. The maximum absolute atomic E-state index is 15.2. The smallest absolute Gasteiger partial charge is 0.410 e. The number of nitrogens with one attached hydrogen (secondary N) is 1. The summed E-state index contributed by atoms with van der Waals surface area (Å²) in [7, 11) is -0.833. The molecular weight excluding hydrogens is 495 g/mol. The molecule has 1 N–H and O–H groups in total. The molecule has 0 aromatic heterocycles. The molecule has 0 saturated carbocycles. The van der Waals surface area contributed by atoms with Crippen molar-refractivity contribution in [1.29, 1.82) is 0 Å². The van der Waals surface area contributed by atoms with Crippen molar-refractivity contribution in [1.82, 2.24) is 14.1 Å². The molecule has 1 spiro atoms. The predicted octanol–water partition coefficient (Wildman–Crippen LogP) is 2.39. The number of nitrogens with zero attached hydrogens (tertiary/aromatic N) is 3. The molecule has 2 aromatic rings. The Bertz CT molecular complexity index is 1320. The van der Waals surface area contributed by atoms with Crippen LogP contribution in [0.5, 0.6) is 11.5 Å². The number of carbonyl (C=O) groups excluding carboxylic acids is 2. The molecule has 13 heteroatoms. The molecule has 0 bridgehead atoms. The number of benzene rings is 2. The lowest BCUT2D eigenvalue weighted by atomic mass is 9.80. The average Bonchev–Trinajstić information content (AvgIpc) is 2.74. The van der Waals surface area contributed by atoms with Gasteiger partial charge in [-0.2, -0.15) is 12.7 Å². The Labute approximate surface area is 207 Å². The molecular formula is C23H25FN4O7S. The maximum atomic E-state index is 15.2. The van der Waals surface area contributed by atoms with Crippen LogP contribution in [0.1, 0.15) is 11.1 Å². The van der Waals surface area contributed by atoms with Gasteiger partial charge in [0.15, 0.2) is 5.82 Å². The lowest BCUT2D eigenvalue weighted by Crippen LogP contribution is -2.67. The van der Waals surface area contributed by atoms with Crippen molar-refractivity contribution in [3.05, 3.63) is 53.3 Å². The van der Waals surface area contributed by atoms with Crippen LogP contribution in [0.2, 0.25) is 0 Å². The Kier molecular flexibility index (Phi) is 6.01. The second-order valence-corrected chi connectivity index (χ2v) is 11.1. The van der Waals surface area contributed by atoms with Crippen LogP contribution in [-0.2, 0) is 28.0 Å². The van der Waals surface area contributed by atoms with E-state index in [1.54, 1.807) is 26.2 Å². The van der Waals surface area contributed by atoms with E-state index in [4.69, 9.17) is 14.2 Å². The van der Waals surface area contributed by atoms with E-state index in [2.05, 4.69) is 4.72 Å². The zero-order chi connectivity index (χ0) is 25.7. The normalized spacial score (nSPS) is 18.5. The van der Waals surface area contributed by atoms with Crippen molar-refractivity contribution >= 4 is 28.1 Å². The van der Waals surface area contributed by atoms with Crippen molar-refractivity contribution in [3.8, 4) is 11.5 Å². The summed E-state index contributed by atoms with van der Waals surface area (Å²) in [5, 5.41) is 0. The predicted molar refractivity (Wildman–Crippen MR) is 125 cm³/mol. The van der Waals surface area contributed by atoms with Crippen LogP contribution in [0.3, 0.4) is 0 Å². The molecule has 11 nitrogen and oxygen atoms in total. The molecule has 0 radical (unpaired) electrons. The number of hydrogen-bond donors (Lipinski definition) is 1. The second-order valence-electron chi connectivity index (χ2n) is 9.40. The molecule has 192 valence electrons. The Hall–Kier alpha value is -3.42. The van der Waals surface area contributed by atoms with Gasteiger partial charge in [0, 0.05) is 49.8 Å². The van der Waals surface area contributed by atoms with Crippen molar-refractivity contribution in [2.75, 3.05) is 45.1 Å². The summed E-state index contributed by atoms with van der Waals surface area (Å²) in [5.74, 6) is -0.308.